The van der Waals surface area contributed by atoms with Crippen molar-refractivity contribution in [2.24, 2.45) is 0 Å². The lowest BCUT2D eigenvalue weighted by Crippen LogP contribution is -2.36. The molecule has 1 aromatic carbocycles. The lowest BCUT2D eigenvalue weighted by Gasteiger charge is -2.17. The van der Waals surface area contributed by atoms with Crippen LogP contribution in [0, 0.1) is 0 Å². The van der Waals surface area contributed by atoms with Gasteiger partial charge in [0.05, 0.1) is 23.8 Å². The van der Waals surface area contributed by atoms with Crippen LogP contribution in [0.3, 0.4) is 0 Å². The van der Waals surface area contributed by atoms with Crippen LogP contribution in [-0.4, -0.2) is 46.9 Å². The van der Waals surface area contributed by atoms with Gasteiger partial charge in [0.15, 0.2) is 0 Å². The van der Waals surface area contributed by atoms with E-state index < -0.39 is 0 Å². The number of nitrogens with one attached hydrogen (secondary N) is 1. The molecule has 4 rings (SSSR count). The first-order chi connectivity index (χ1) is 13.1. The predicted molar refractivity (Wildman–Crippen MR) is 96.2 cm³/mol. The maximum Gasteiger partial charge on any atom is 0.261 e. The molecule has 2 aromatic rings. The van der Waals surface area contributed by atoms with Gasteiger partial charge >= 0.3 is 0 Å². The molecule has 2 aliphatic rings. The zero-order chi connectivity index (χ0) is 18.8. The van der Waals surface area contributed by atoms with Crippen molar-refractivity contribution in [2.45, 2.75) is 25.5 Å². The summed E-state index contributed by atoms with van der Waals surface area (Å²) < 4.78 is 5.53. The number of ether oxygens (including phenoxy) is 1. The molecule has 1 aromatic heterocycles. The molecule has 7 heteroatoms. The molecule has 0 unspecified atom stereocenters. The van der Waals surface area contributed by atoms with Gasteiger partial charge in [0.1, 0.15) is 0 Å². The molecule has 1 saturated heterocycles. The largest absolute Gasteiger partial charge is 0.376 e. The van der Waals surface area contributed by atoms with Crippen LogP contribution in [0.4, 0.5) is 0 Å². The van der Waals surface area contributed by atoms with Gasteiger partial charge in [-0.3, -0.25) is 24.3 Å². The van der Waals surface area contributed by atoms with Crippen LogP contribution in [0.15, 0.2) is 42.7 Å². The minimum absolute atomic E-state index is 0.102. The van der Waals surface area contributed by atoms with E-state index in [0.29, 0.717) is 24.3 Å². The third-order valence-corrected chi connectivity index (χ3v) is 4.82. The lowest BCUT2D eigenvalue weighted by atomic mass is 10.1. The fourth-order valence-electron chi connectivity index (χ4n) is 3.38. The van der Waals surface area contributed by atoms with E-state index in [4.69, 9.17) is 4.74 Å². The summed E-state index contributed by atoms with van der Waals surface area (Å²) in [6.07, 6.45) is 5.02. The number of pyridine rings is 1. The van der Waals surface area contributed by atoms with Crippen LogP contribution in [0.1, 0.15) is 49.5 Å². The van der Waals surface area contributed by atoms with Crippen LogP contribution >= 0.6 is 0 Å². The summed E-state index contributed by atoms with van der Waals surface area (Å²) in [4.78, 5) is 42.8. The molecule has 0 aliphatic carbocycles. The lowest BCUT2D eigenvalue weighted by molar-refractivity contribution is 0.0475. The summed E-state index contributed by atoms with van der Waals surface area (Å²) in [7, 11) is 0. The number of imide groups is 1. The zero-order valence-corrected chi connectivity index (χ0v) is 14.7. The molecule has 0 bridgehead atoms. The maximum atomic E-state index is 12.7. The highest BCUT2D eigenvalue weighted by atomic mass is 16.5. The Morgan fingerprint density at radius 2 is 2.07 bits per heavy atom. The summed E-state index contributed by atoms with van der Waals surface area (Å²) in [5.41, 5.74) is 1.83. The molecule has 1 N–H and O–H groups in total. The Hall–Kier alpha value is -3.06. The van der Waals surface area contributed by atoms with Gasteiger partial charge in [-0.15, -0.1) is 0 Å². The smallest absolute Gasteiger partial charge is 0.261 e. The van der Waals surface area contributed by atoms with Crippen molar-refractivity contribution in [3.63, 3.8) is 0 Å². The summed E-state index contributed by atoms with van der Waals surface area (Å²) in [6, 6.07) is 8.26. The molecule has 2 aliphatic heterocycles. The monoisotopic (exact) mass is 365 g/mol. The number of carbonyl (C=O) groups excluding carboxylic acids is 3. The molecule has 7 nitrogen and oxygen atoms in total. The highest BCUT2D eigenvalue weighted by Gasteiger charge is 2.37. The Labute approximate surface area is 156 Å². The topological polar surface area (TPSA) is 88.6 Å². The van der Waals surface area contributed by atoms with Crippen LogP contribution in [-0.2, 0) is 11.3 Å². The molecule has 1 fully saturated rings. The van der Waals surface area contributed by atoms with Gasteiger partial charge in [-0.1, -0.05) is 6.07 Å². The van der Waals surface area contributed by atoms with Crippen molar-refractivity contribution in [3.8, 4) is 0 Å². The van der Waals surface area contributed by atoms with E-state index in [1.165, 1.54) is 11.0 Å². The van der Waals surface area contributed by atoms with Crippen molar-refractivity contribution in [3.05, 3.63) is 65.0 Å². The minimum atomic E-state index is -0.368. The second-order valence-electron chi connectivity index (χ2n) is 6.66. The zero-order valence-electron chi connectivity index (χ0n) is 14.7. The third-order valence-electron chi connectivity index (χ3n) is 4.82. The van der Waals surface area contributed by atoms with E-state index in [0.717, 1.165) is 18.4 Å². The van der Waals surface area contributed by atoms with E-state index in [1.54, 1.807) is 30.6 Å². The van der Waals surface area contributed by atoms with Crippen molar-refractivity contribution in [2.75, 3.05) is 13.2 Å². The first kappa shape index (κ1) is 17.4. The maximum absolute atomic E-state index is 12.7. The number of aromatic nitrogens is 1. The second kappa shape index (κ2) is 7.28. The van der Waals surface area contributed by atoms with Crippen LogP contribution in [0.2, 0.25) is 0 Å². The van der Waals surface area contributed by atoms with Gasteiger partial charge in [0.25, 0.3) is 17.7 Å². The Morgan fingerprint density at radius 1 is 1.22 bits per heavy atom. The predicted octanol–water partition coefficient (Wildman–Crippen LogP) is 1.79. The number of carbonyl (C=O) groups is 3. The average molecular weight is 365 g/mol. The standard InChI is InChI=1S/C20H19N3O4/c24-18(22-11-13-3-1-7-21-10-13)14-5-6-16-17(9-14)20(26)23(19(16)25)12-15-4-2-8-27-15/h1,3,5-7,9-10,15H,2,4,8,11-12H2,(H,22,24)/t15-/m0/s1. The highest BCUT2D eigenvalue weighted by Crippen LogP contribution is 2.26. The van der Waals surface area contributed by atoms with Crippen LogP contribution in [0.5, 0.6) is 0 Å². The molecule has 27 heavy (non-hydrogen) atoms. The molecule has 0 radical (unpaired) electrons. The van der Waals surface area contributed by atoms with E-state index in [-0.39, 0.29) is 35.9 Å². The number of hydrogen-bond donors (Lipinski definition) is 1. The molecule has 0 saturated carbocycles. The first-order valence-corrected chi connectivity index (χ1v) is 8.92. The summed E-state index contributed by atoms with van der Waals surface area (Å²) in [5, 5.41) is 2.79. The molecule has 1 atom stereocenters. The fraction of sp³-hybridized carbons (Fsp3) is 0.300. The Bertz CT molecular complexity index is 891. The number of fused-ring (bicyclic) bond motifs is 1. The normalized spacial score (nSPS) is 18.7. The van der Waals surface area contributed by atoms with E-state index in [1.807, 2.05) is 6.07 Å². The van der Waals surface area contributed by atoms with Gasteiger partial charge in [-0.05, 0) is 42.7 Å². The van der Waals surface area contributed by atoms with E-state index >= 15 is 0 Å². The number of benzene rings is 1. The van der Waals surface area contributed by atoms with Crippen molar-refractivity contribution in [1.29, 1.82) is 0 Å². The number of rotatable bonds is 5. The summed E-state index contributed by atoms with van der Waals surface area (Å²) >= 11 is 0. The molecule has 0 spiro atoms. The second-order valence-corrected chi connectivity index (χ2v) is 6.66. The molecular formula is C20H19N3O4. The first-order valence-electron chi connectivity index (χ1n) is 8.92. The van der Waals surface area contributed by atoms with Crippen molar-refractivity contribution < 1.29 is 19.1 Å². The van der Waals surface area contributed by atoms with Gasteiger partial charge < -0.3 is 10.1 Å². The highest BCUT2D eigenvalue weighted by molar-refractivity contribution is 6.22. The van der Waals surface area contributed by atoms with E-state index in [9.17, 15) is 14.4 Å². The van der Waals surface area contributed by atoms with Gasteiger partial charge in [-0.25, -0.2) is 0 Å². The summed E-state index contributed by atoms with van der Waals surface area (Å²) in [5.74, 6) is -1.00. The molecule has 3 amide bonds. The molecule has 138 valence electrons. The van der Waals surface area contributed by atoms with Crippen molar-refractivity contribution in [1.82, 2.24) is 15.2 Å². The SMILES string of the molecule is O=C(NCc1cccnc1)c1ccc2c(c1)C(=O)N(C[C@@H]1CCCO1)C2=O. The number of amides is 3. The summed E-state index contributed by atoms with van der Waals surface area (Å²) in [6.45, 7) is 1.26. The quantitative estimate of drug-likeness (QED) is 0.816. The Morgan fingerprint density at radius 3 is 2.81 bits per heavy atom. The average Bonchev–Trinajstić information content (AvgIpc) is 3.30. The van der Waals surface area contributed by atoms with Crippen LogP contribution < -0.4 is 5.32 Å². The van der Waals surface area contributed by atoms with E-state index in [2.05, 4.69) is 10.3 Å². The van der Waals surface area contributed by atoms with Crippen molar-refractivity contribution >= 4 is 17.7 Å². The Balaban J connectivity index is 1.47. The van der Waals surface area contributed by atoms with Gasteiger partial charge in [0.2, 0.25) is 0 Å². The van der Waals surface area contributed by atoms with Crippen LogP contribution in [0.25, 0.3) is 0 Å². The Kier molecular flexibility index (Phi) is 4.68. The fourth-order valence-corrected chi connectivity index (χ4v) is 3.38. The number of hydrogen-bond acceptors (Lipinski definition) is 5. The minimum Gasteiger partial charge on any atom is -0.376 e. The third kappa shape index (κ3) is 3.46. The molecular weight excluding hydrogens is 346 g/mol. The molecule has 3 heterocycles. The number of nitrogens with zero attached hydrogens (tertiary/aromatic N) is 2. The van der Waals surface area contributed by atoms with Gasteiger partial charge in [-0.2, -0.15) is 0 Å². The van der Waals surface area contributed by atoms with Gasteiger partial charge in [0, 0.05) is 31.1 Å².